The van der Waals surface area contributed by atoms with Crippen LogP contribution in [0.1, 0.15) is 32.1 Å². The smallest absolute Gasteiger partial charge is 0.0581 e. The fraction of sp³-hybridized carbons (Fsp3) is 0.800. The average molecular weight is 167 g/mol. The zero-order chi connectivity index (χ0) is 8.55. The maximum absolute atomic E-state index is 9.48. The lowest BCUT2D eigenvalue weighted by Crippen LogP contribution is -2.29. The summed E-state index contributed by atoms with van der Waals surface area (Å²) in [6.07, 6.45) is 5.41. The van der Waals surface area contributed by atoms with Crippen molar-refractivity contribution in [2.24, 2.45) is 0 Å². The second kappa shape index (κ2) is 3.09. The molecule has 0 bridgehead atoms. The molecule has 68 valence electrons. The Morgan fingerprint density at radius 3 is 3.08 bits per heavy atom. The van der Waals surface area contributed by atoms with Crippen molar-refractivity contribution in [2.75, 3.05) is 13.6 Å². The zero-order valence-corrected chi connectivity index (χ0v) is 7.71. The van der Waals surface area contributed by atoms with Crippen LogP contribution in [0.25, 0.3) is 0 Å². The maximum Gasteiger partial charge on any atom is 0.0581 e. The molecule has 1 unspecified atom stereocenters. The quantitative estimate of drug-likeness (QED) is 0.591. The molecule has 2 rings (SSSR count). The van der Waals surface area contributed by atoms with Crippen molar-refractivity contribution in [3.63, 3.8) is 0 Å². The van der Waals surface area contributed by atoms with Crippen LogP contribution >= 0.6 is 0 Å². The first kappa shape index (κ1) is 8.11. The summed E-state index contributed by atoms with van der Waals surface area (Å²) in [6, 6.07) is 0. The Bertz CT molecular complexity index is 210. The molecule has 0 aromatic heterocycles. The highest BCUT2D eigenvalue weighted by atomic mass is 16.3. The molecule has 0 amide bonds. The van der Waals surface area contributed by atoms with Gasteiger partial charge in [-0.1, -0.05) is 0 Å². The van der Waals surface area contributed by atoms with Crippen LogP contribution in [-0.2, 0) is 0 Å². The van der Waals surface area contributed by atoms with Gasteiger partial charge in [0, 0.05) is 19.3 Å². The molecule has 0 radical (unpaired) electrons. The molecular formula is C10H17NO. The van der Waals surface area contributed by atoms with Gasteiger partial charge in [0.25, 0.3) is 0 Å². The normalized spacial score (nSPS) is 30.5. The first-order valence-corrected chi connectivity index (χ1v) is 4.87. The summed E-state index contributed by atoms with van der Waals surface area (Å²) in [5, 5.41) is 9.48. The fourth-order valence-electron chi connectivity index (χ4n) is 2.36. The minimum atomic E-state index is -0.0600. The van der Waals surface area contributed by atoms with Gasteiger partial charge in [0.05, 0.1) is 6.10 Å². The SMILES string of the molecule is CN1CCCC2=C1CCC(O)C2. The molecule has 2 nitrogen and oxygen atoms in total. The summed E-state index contributed by atoms with van der Waals surface area (Å²) in [4.78, 5) is 2.37. The van der Waals surface area contributed by atoms with E-state index in [0.29, 0.717) is 0 Å². The summed E-state index contributed by atoms with van der Waals surface area (Å²) in [5.74, 6) is 0. The van der Waals surface area contributed by atoms with Crippen molar-refractivity contribution in [1.29, 1.82) is 0 Å². The summed E-state index contributed by atoms with van der Waals surface area (Å²) in [6.45, 7) is 1.20. The van der Waals surface area contributed by atoms with Gasteiger partial charge < -0.3 is 10.0 Å². The van der Waals surface area contributed by atoms with Crippen molar-refractivity contribution < 1.29 is 5.11 Å². The predicted octanol–water partition coefficient (Wildman–Crippen LogP) is 1.51. The third-order valence-electron chi connectivity index (χ3n) is 3.04. The van der Waals surface area contributed by atoms with E-state index in [-0.39, 0.29) is 6.10 Å². The van der Waals surface area contributed by atoms with E-state index in [1.54, 1.807) is 0 Å². The first-order chi connectivity index (χ1) is 5.77. The molecule has 12 heavy (non-hydrogen) atoms. The van der Waals surface area contributed by atoms with E-state index in [1.807, 2.05) is 0 Å². The van der Waals surface area contributed by atoms with E-state index < -0.39 is 0 Å². The third-order valence-corrected chi connectivity index (χ3v) is 3.04. The Kier molecular flexibility index (Phi) is 2.09. The van der Waals surface area contributed by atoms with Gasteiger partial charge in [-0.25, -0.2) is 0 Å². The molecule has 1 aliphatic carbocycles. The van der Waals surface area contributed by atoms with Crippen LogP contribution in [0.15, 0.2) is 11.3 Å². The molecule has 1 N–H and O–H groups in total. The molecule has 2 aliphatic rings. The monoisotopic (exact) mass is 167 g/mol. The second-order valence-corrected chi connectivity index (χ2v) is 3.97. The molecule has 0 saturated heterocycles. The lowest BCUT2D eigenvalue weighted by Gasteiger charge is -2.35. The summed E-state index contributed by atoms with van der Waals surface area (Å²) in [7, 11) is 2.17. The van der Waals surface area contributed by atoms with E-state index in [4.69, 9.17) is 0 Å². The van der Waals surface area contributed by atoms with E-state index in [9.17, 15) is 5.11 Å². The Hall–Kier alpha value is -0.500. The summed E-state index contributed by atoms with van der Waals surface area (Å²) in [5.41, 5.74) is 3.04. The molecule has 0 aromatic rings. The van der Waals surface area contributed by atoms with Gasteiger partial charge in [-0.3, -0.25) is 0 Å². The summed E-state index contributed by atoms with van der Waals surface area (Å²) >= 11 is 0. The van der Waals surface area contributed by atoms with Gasteiger partial charge in [-0.2, -0.15) is 0 Å². The minimum absolute atomic E-state index is 0.0600. The highest BCUT2D eigenvalue weighted by Crippen LogP contribution is 2.32. The van der Waals surface area contributed by atoms with Crippen molar-refractivity contribution in [1.82, 2.24) is 4.90 Å². The molecule has 1 aliphatic heterocycles. The number of hydrogen-bond acceptors (Lipinski definition) is 2. The lowest BCUT2D eigenvalue weighted by molar-refractivity contribution is 0.145. The zero-order valence-electron chi connectivity index (χ0n) is 7.71. The standard InChI is InChI=1S/C10H17NO/c1-11-6-2-3-8-7-9(12)4-5-10(8)11/h9,12H,2-7H2,1H3. The highest BCUT2D eigenvalue weighted by molar-refractivity contribution is 5.19. The number of hydrogen-bond donors (Lipinski definition) is 1. The Morgan fingerprint density at radius 2 is 2.25 bits per heavy atom. The van der Waals surface area contributed by atoms with Crippen molar-refractivity contribution in [3.8, 4) is 0 Å². The van der Waals surface area contributed by atoms with E-state index in [2.05, 4.69) is 11.9 Å². The van der Waals surface area contributed by atoms with Crippen molar-refractivity contribution >= 4 is 0 Å². The number of nitrogens with zero attached hydrogens (tertiary/aromatic N) is 1. The van der Waals surface area contributed by atoms with Gasteiger partial charge in [-0.15, -0.1) is 0 Å². The predicted molar refractivity (Wildman–Crippen MR) is 48.7 cm³/mol. The largest absolute Gasteiger partial charge is 0.393 e. The Labute approximate surface area is 73.9 Å². The highest BCUT2D eigenvalue weighted by Gasteiger charge is 2.23. The Balaban J connectivity index is 2.18. The number of aliphatic hydroxyl groups is 1. The molecule has 1 atom stereocenters. The molecule has 0 spiro atoms. The van der Waals surface area contributed by atoms with Crippen LogP contribution in [0.3, 0.4) is 0 Å². The van der Waals surface area contributed by atoms with Crippen LogP contribution in [0.5, 0.6) is 0 Å². The molecule has 0 saturated carbocycles. The summed E-state index contributed by atoms with van der Waals surface area (Å²) < 4.78 is 0. The molecule has 0 fully saturated rings. The maximum atomic E-state index is 9.48. The van der Waals surface area contributed by atoms with Crippen molar-refractivity contribution in [2.45, 2.75) is 38.2 Å². The van der Waals surface area contributed by atoms with Gasteiger partial charge in [0.15, 0.2) is 0 Å². The lowest BCUT2D eigenvalue weighted by atomic mass is 9.88. The van der Waals surface area contributed by atoms with Crippen LogP contribution in [0.2, 0.25) is 0 Å². The van der Waals surface area contributed by atoms with E-state index in [0.717, 1.165) is 19.3 Å². The van der Waals surface area contributed by atoms with Crippen LogP contribution in [-0.4, -0.2) is 29.7 Å². The third kappa shape index (κ3) is 1.36. The minimum Gasteiger partial charge on any atom is -0.393 e. The number of rotatable bonds is 0. The molecule has 2 heteroatoms. The number of allylic oxidation sites excluding steroid dienone is 1. The molecule has 1 heterocycles. The first-order valence-electron chi connectivity index (χ1n) is 4.87. The molecular weight excluding hydrogens is 150 g/mol. The topological polar surface area (TPSA) is 23.5 Å². The molecule has 0 aromatic carbocycles. The van der Waals surface area contributed by atoms with Gasteiger partial charge in [0.2, 0.25) is 0 Å². The second-order valence-electron chi connectivity index (χ2n) is 3.97. The van der Waals surface area contributed by atoms with Crippen LogP contribution < -0.4 is 0 Å². The van der Waals surface area contributed by atoms with Gasteiger partial charge in [0.1, 0.15) is 0 Å². The van der Waals surface area contributed by atoms with E-state index >= 15 is 0 Å². The van der Waals surface area contributed by atoms with Crippen molar-refractivity contribution in [3.05, 3.63) is 11.3 Å². The van der Waals surface area contributed by atoms with E-state index in [1.165, 1.54) is 30.7 Å². The average Bonchev–Trinajstić information content (AvgIpc) is 2.04. The van der Waals surface area contributed by atoms with Gasteiger partial charge in [-0.05, 0) is 37.7 Å². The van der Waals surface area contributed by atoms with Crippen LogP contribution in [0, 0.1) is 0 Å². The fourth-order valence-corrected chi connectivity index (χ4v) is 2.36. The van der Waals surface area contributed by atoms with Gasteiger partial charge >= 0.3 is 0 Å². The number of aliphatic hydroxyl groups excluding tert-OH is 1. The Morgan fingerprint density at radius 1 is 1.42 bits per heavy atom. The van der Waals surface area contributed by atoms with Crippen LogP contribution in [0.4, 0.5) is 0 Å².